The summed E-state index contributed by atoms with van der Waals surface area (Å²) in [4.78, 5) is 18.2. The predicted octanol–water partition coefficient (Wildman–Crippen LogP) is 11.1. The van der Waals surface area contributed by atoms with Crippen molar-refractivity contribution in [1.82, 2.24) is 0 Å². The van der Waals surface area contributed by atoms with Gasteiger partial charge < -0.3 is 10.1 Å². The van der Waals surface area contributed by atoms with Crippen molar-refractivity contribution in [1.29, 1.82) is 0 Å². The first-order valence-corrected chi connectivity index (χ1v) is 15.9. The van der Waals surface area contributed by atoms with Gasteiger partial charge in [-0.15, -0.1) is 0 Å². The van der Waals surface area contributed by atoms with E-state index in [1.54, 1.807) is 30.3 Å². The van der Waals surface area contributed by atoms with Crippen LogP contribution in [0.25, 0.3) is 11.6 Å². The fourth-order valence-corrected chi connectivity index (χ4v) is 5.57. The SMILES string of the molecule is C=Cc1cc(N/C2=C\C/C=C\C=C3\CC(c4ccc(OC(F)F)cc4)=CN=C32)ccc1C(=O)CC(C)CC/C(=C/CCC)CC. The lowest BCUT2D eigenvalue weighted by Gasteiger charge is -2.22. The number of carbonyl (C=O) groups excluding carboxylic acids is 1. The summed E-state index contributed by atoms with van der Waals surface area (Å²) < 4.78 is 29.6. The molecule has 0 amide bonds. The maximum atomic E-state index is 13.3. The second kappa shape index (κ2) is 16.7. The van der Waals surface area contributed by atoms with Crippen LogP contribution in [0.1, 0.15) is 93.6 Å². The molecule has 0 saturated carbocycles. The summed E-state index contributed by atoms with van der Waals surface area (Å²) in [5, 5.41) is 3.54. The molecule has 0 bridgehead atoms. The summed E-state index contributed by atoms with van der Waals surface area (Å²) >= 11 is 0. The quantitative estimate of drug-likeness (QED) is 0.161. The Morgan fingerprint density at radius 1 is 1.13 bits per heavy atom. The molecule has 236 valence electrons. The van der Waals surface area contributed by atoms with Gasteiger partial charge >= 0.3 is 6.61 Å². The van der Waals surface area contributed by atoms with Gasteiger partial charge in [-0.2, -0.15) is 8.78 Å². The maximum Gasteiger partial charge on any atom is 0.387 e. The van der Waals surface area contributed by atoms with Crippen molar-refractivity contribution >= 4 is 28.8 Å². The van der Waals surface area contributed by atoms with Crippen molar-refractivity contribution < 1.29 is 18.3 Å². The molecule has 1 atom stereocenters. The minimum Gasteiger partial charge on any atom is -0.435 e. The van der Waals surface area contributed by atoms with E-state index in [4.69, 9.17) is 4.99 Å². The summed E-state index contributed by atoms with van der Waals surface area (Å²) in [5.74, 6) is 0.566. The number of allylic oxidation sites excluding steroid dienone is 8. The van der Waals surface area contributed by atoms with E-state index < -0.39 is 6.61 Å². The Labute approximate surface area is 266 Å². The maximum absolute atomic E-state index is 13.3. The molecule has 4 nitrogen and oxygen atoms in total. The molecule has 0 aromatic heterocycles. The monoisotopic (exact) mass is 610 g/mol. The number of fused-ring (bicyclic) bond motifs is 1. The van der Waals surface area contributed by atoms with Crippen molar-refractivity contribution in [3.63, 3.8) is 0 Å². The molecule has 0 radical (unpaired) electrons. The molecule has 0 fully saturated rings. The highest BCUT2D eigenvalue weighted by Gasteiger charge is 2.21. The van der Waals surface area contributed by atoms with E-state index >= 15 is 0 Å². The van der Waals surface area contributed by atoms with Crippen molar-refractivity contribution in [2.24, 2.45) is 10.9 Å². The number of Topliss-reactive ketones (excluding diaryl/α,β-unsaturated/α-hetero) is 1. The number of carbonyl (C=O) groups is 1. The Kier molecular flexibility index (Phi) is 12.4. The molecule has 1 heterocycles. The zero-order valence-electron chi connectivity index (χ0n) is 26.6. The normalized spacial score (nSPS) is 18.6. The molecule has 2 aliphatic rings. The molecule has 1 N–H and O–H groups in total. The van der Waals surface area contributed by atoms with E-state index in [1.165, 1.54) is 5.57 Å². The van der Waals surface area contributed by atoms with Gasteiger partial charge in [0.25, 0.3) is 0 Å². The van der Waals surface area contributed by atoms with Crippen LogP contribution in [-0.4, -0.2) is 18.1 Å². The lowest BCUT2D eigenvalue weighted by Crippen LogP contribution is -2.17. The fraction of sp³-hybridized carbons (Fsp3) is 0.333. The third-order valence-corrected chi connectivity index (χ3v) is 8.15. The van der Waals surface area contributed by atoms with E-state index in [9.17, 15) is 13.6 Å². The number of rotatable bonds is 15. The van der Waals surface area contributed by atoms with Crippen LogP contribution in [0.3, 0.4) is 0 Å². The van der Waals surface area contributed by atoms with Gasteiger partial charge in [-0.25, -0.2) is 0 Å². The van der Waals surface area contributed by atoms with Crippen LogP contribution < -0.4 is 10.1 Å². The largest absolute Gasteiger partial charge is 0.435 e. The molecule has 2 aromatic carbocycles. The smallest absolute Gasteiger partial charge is 0.387 e. The lowest BCUT2D eigenvalue weighted by atomic mass is 9.90. The number of ether oxygens (including phenoxy) is 1. The van der Waals surface area contributed by atoms with Gasteiger partial charge in [0, 0.05) is 30.3 Å². The van der Waals surface area contributed by atoms with Crippen LogP contribution in [0, 0.1) is 5.92 Å². The average Bonchev–Trinajstić information content (AvgIpc) is 3.03. The number of aliphatic imine (C=N–C) groups is 1. The van der Waals surface area contributed by atoms with Crippen molar-refractivity contribution in [3.8, 4) is 5.75 Å². The number of alkyl halides is 2. The summed E-state index contributed by atoms with van der Waals surface area (Å²) in [5.41, 5.74) is 8.49. The van der Waals surface area contributed by atoms with Gasteiger partial charge in [0.15, 0.2) is 5.78 Å². The average molecular weight is 611 g/mol. The first-order valence-electron chi connectivity index (χ1n) is 15.9. The number of nitrogens with one attached hydrogen (secondary N) is 1. The Morgan fingerprint density at radius 2 is 1.93 bits per heavy atom. The standard InChI is InChI=1S/C39H44F2N2O2/c1-5-8-12-28(6-2)16-15-27(4)23-37(44)35-22-19-33(25-29(35)7-3)43-36-14-11-9-10-13-31-24-32(26-42-38(31)36)30-17-20-34(21-18-30)45-39(40)41/h7,9-10,12-14,17-22,25-27,39,43H,3,5-6,8,11,15-16,23-24H2,1-2,4H3/b10-9-,28-12+,31-13-,36-14-. The molecular formula is C39H44F2N2O2. The van der Waals surface area contributed by atoms with Gasteiger partial charge in [0.1, 0.15) is 5.75 Å². The second-order valence-corrected chi connectivity index (χ2v) is 11.6. The Bertz CT molecular complexity index is 1540. The number of unbranched alkanes of at least 4 members (excludes halogenated alkanes) is 1. The fourth-order valence-electron chi connectivity index (χ4n) is 5.57. The molecule has 2 aromatic rings. The molecule has 0 spiro atoms. The molecule has 1 unspecified atom stereocenters. The van der Waals surface area contributed by atoms with Crippen LogP contribution in [0.4, 0.5) is 14.5 Å². The molecule has 45 heavy (non-hydrogen) atoms. The van der Waals surface area contributed by atoms with E-state index in [0.717, 1.165) is 77.9 Å². The van der Waals surface area contributed by atoms with Gasteiger partial charge in [0.05, 0.1) is 11.4 Å². The minimum absolute atomic E-state index is 0.124. The molecule has 1 aliphatic heterocycles. The van der Waals surface area contributed by atoms with Gasteiger partial charge in [-0.3, -0.25) is 9.79 Å². The van der Waals surface area contributed by atoms with Crippen LogP contribution in [-0.2, 0) is 0 Å². The molecular weight excluding hydrogens is 566 g/mol. The first kappa shape index (κ1) is 33.6. The second-order valence-electron chi connectivity index (χ2n) is 11.6. The van der Waals surface area contributed by atoms with E-state index in [1.807, 2.05) is 30.5 Å². The van der Waals surface area contributed by atoms with Gasteiger partial charge in [-0.05, 0) is 90.6 Å². The number of nitrogens with zero attached hydrogens (tertiary/aromatic N) is 1. The number of ketones is 1. The molecule has 0 saturated heterocycles. The summed E-state index contributed by atoms with van der Waals surface area (Å²) in [6.07, 6.45) is 21.5. The summed E-state index contributed by atoms with van der Waals surface area (Å²) in [7, 11) is 0. The number of benzene rings is 2. The third-order valence-electron chi connectivity index (χ3n) is 8.15. The van der Waals surface area contributed by atoms with Gasteiger partial charge in [-0.1, -0.05) is 87.9 Å². The zero-order valence-corrected chi connectivity index (χ0v) is 26.6. The highest BCUT2D eigenvalue weighted by molar-refractivity contribution is 6.16. The predicted molar refractivity (Wildman–Crippen MR) is 184 cm³/mol. The summed E-state index contributed by atoms with van der Waals surface area (Å²) in [6, 6.07) is 12.4. The van der Waals surface area contributed by atoms with Crippen LogP contribution >= 0.6 is 0 Å². The number of hydrogen-bond acceptors (Lipinski definition) is 4. The minimum atomic E-state index is -2.86. The van der Waals surface area contributed by atoms with Crippen molar-refractivity contribution in [2.75, 3.05) is 5.32 Å². The number of anilines is 1. The third kappa shape index (κ3) is 9.58. The molecule has 1 aliphatic carbocycles. The van der Waals surface area contributed by atoms with Crippen molar-refractivity contribution in [2.45, 2.75) is 78.7 Å². The summed E-state index contributed by atoms with van der Waals surface area (Å²) in [6.45, 7) is 7.70. The highest BCUT2D eigenvalue weighted by atomic mass is 19.3. The van der Waals surface area contributed by atoms with Crippen LogP contribution in [0.15, 0.2) is 107 Å². The van der Waals surface area contributed by atoms with Gasteiger partial charge in [0.2, 0.25) is 0 Å². The number of hydrogen-bond donors (Lipinski definition) is 1. The van der Waals surface area contributed by atoms with E-state index in [2.05, 4.69) is 61.7 Å². The Hall–Kier alpha value is -4.32. The zero-order chi connectivity index (χ0) is 32.2. The number of halogens is 2. The molecule has 6 heteroatoms. The van der Waals surface area contributed by atoms with E-state index in [-0.39, 0.29) is 11.5 Å². The topological polar surface area (TPSA) is 50.7 Å². The first-order chi connectivity index (χ1) is 21.8. The Morgan fingerprint density at radius 3 is 2.64 bits per heavy atom. The Balaban J connectivity index is 1.47. The van der Waals surface area contributed by atoms with Crippen LogP contribution in [0.2, 0.25) is 0 Å². The lowest BCUT2D eigenvalue weighted by molar-refractivity contribution is -0.0498. The van der Waals surface area contributed by atoms with E-state index in [0.29, 0.717) is 24.3 Å². The van der Waals surface area contributed by atoms with Crippen LogP contribution in [0.5, 0.6) is 5.75 Å². The highest BCUT2D eigenvalue weighted by Crippen LogP contribution is 2.32. The van der Waals surface area contributed by atoms with Crippen molar-refractivity contribution in [3.05, 3.63) is 119 Å². The molecule has 4 rings (SSSR count).